The van der Waals surface area contributed by atoms with Gasteiger partial charge in [0.2, 0.25) is 0 Å². The van der Waals surface area contributed by atoms with E-state index < -0.39 is 24.1 Å². The van der Waals surface area contributed by atoms with Crippen LogP contribution in [0.2, 0.25) is 0 Å². The molecule has 0 aliphatic heterocycles. The Labute approximate surface area is 119 Å². The highest BCUT2D eigenvalue weighted by Gasteiger charge is 2.08. The molecule has 1 N–H and O–H groups in total. The SMILES string of the molecule is N#Cc1ccc(OCC(=O)Nc2cccc(F)c2)c(F)c1. The van der Waals surface area contributed by atoms with Gasteiger partial charge in [-0.3, -0.25) is 4.79 Å². The molecule has 2 rings (SSSR count). The molecular formula is C15H10F2N2O2. The van der Waals surface area contributed by atoms with Gasteiger partial charge in [-0.2, -0.15) is 5.26 Å². The molecule has 1 amide bonds. The summed E-state index contributed by atoms with van der Waals surface area (Å²) in [6.07, 6.45) is 0. The molecule has 0 radical (unpaired) electrons. The molecule has 0 saturated carbocycles. The molecule has 0 unspecified atom stereocenters. The summed E-state index contributed by atoms with van der Waals surface area (Å²) in [6.45, 7) is -0.431. The predicted molar refractivity (Wildman–Crippen MR) is 71.6 cm³/mol. The highest BCUT2D eigenvalue weighted by atomic mass is 19.1. The summed E-state index contributed by atoms with van der Waals surface area (Å²) in [4.78, 5) is 11.6. The van der Waals surface area contributed by atoms with Gasteiger partial charge in [-0.25, -0.2) is 8.78 Å². The number of nitrogens with one attached hydrogen (secondary N) is 1. The minimum absolute atomic E-state index is 0.136. The Morgan fingerprint density at radius 2 is 2.05 bits per heavy atom. The van der Waals surface area contributed by atoms with Crippen LogP contribution in [0.25, 0.3) is 0 Å². The van der Waals surface area contributed by atoms with E-state index in [1.165, 1.54) is 30.3 Å². The van der Waals surface area contributed by atoms with Crippen LogP contribution in [-0.4, -0.2) is 12.5 Å². The first kappa shape index (κ1) is 14.5. The number of rotatable bonds is 4. The lowest BCUT2D eigenvalue weighted by Crippen LogP contribution is -2.20. The van der Waals surface area contributed by atoms with Crippen molar-refractivity contribution in [2.24, 2.45) is 0 Å². The molecule has 106 valence electrons. The summed E-state index contributed by atoms with van der Waals surface area (Å²) in [6, 6.07) is 10.8. The van der Waals surface area contributed by atoms with Gasteiger partial charge in [-0.05, 0) is 36.4 Å². The molecule has 0 saturated heterocycles. The largest absolute Gasteiger partial charge is 0.481 e. The van der Waals surface area contributed by atoms with Crippen LogP contribution in [0.1, 0.15) is 5.56 Å². The molecule has 0 heterocycles. The van der Waals surface area contributed by atoms with Crippen molar-refractivity contribution in [3.05, 3.63) is 59.7 Å². The number of nitriles is 1. The Kier molecular flexibility index (Phi) is 4.46. The summed E-state index contributed by atoms with van der Waals surface area (Å²) in [5, 5.41) is 11.0. The van der Waals surface area contributed by atoms with Crippen LogP contribution in [-0.2, 0) is 4.79 Å². The molecule has 0 fully saturated rings. The third-order valence-corrected chi connectivity index (χ3v) is 2.53. The molecule has 0 aliphatic rings. The minimum atomic E-state index is -0.729. The van der Waals surface area contributed by atoms with Gasteiger partial charge in [-0.15, -0.1) is 0 Å². The van der Waals surface area contributed by atoms with Crippen LogP contribution in [0, 0.1) is 23.0 Å². The number of anilines is 1. The molecule has 21 heavy (non-hydrogen) atoms. The van der Waals surface area contributed by atoms with E-state index in [4.69, 9.17) is 10.00 Å². The summed E-state index contributed by atoms with van der Waals surface area (Å²) in [5.74, 6) is -1.90. The van der Waals surface area contributed by atoms with Crippen molar-refractivity contribution in [3.8, 4) is 11.8 Å². The predicted octanol–water partition coefficient (Wildman–Crippen LogP) is 2.85. The van der Waals surface area contributed by atoms with Crippen molar-refractivity contribution in [3.63, 3.8) is 0 Å². The van der Waals surface area contributed by atoms with Crippen LogP contribution in [0.15, 0.2) is 42.5 Å². The average Bonchev–Trinajstić information content (AvgIpc) is 2.46. The monoisotopic (exact) mass is 288 g/mol. The van der Waals surface area contributed by atoms with Crippen LogP contribution in [0.3, 0.4) is 0 Å². The lowest BCUT2D eigenvalue weighted by molar-refractivity contribution is -0.118. The molecule has 0 spiro atoms. The van der Waals surface area contributed by atoms with E-state index in [0.717, 1.165) is 12.1 Å². The number of halogens is 2. The Morgan fingerprint density at radius 1 is 1.24 bits per heavy atom. The van der Waals surface area contributed by atoms with Crippen molar-refractivity contribution in [2.75, 3.05) is 11.9 Å². The van der Waals surface area contributed by atoms with Gasteiger partial charge in [-0.1, -0.05) is 6.07 Å². The molecule has 0 aliphatic carbocycles. The third kappa shape index (κ3) is 4.01. The number of ether oxygens (including phenoxy) is 1. The zero-order valence-corrected chi connectivity index (χ0v) is 10.8. The first-order valence-corrected chi connectivity index (χ1v) is 5.96. The van der Waals surface area contributed by atoms with E-state index in [9.17, 15) is 13.6 Å². The van der Waals surface area contributed by atoms with Gasteiger partial charge in [0.1, 0.15) is 5.82 Å². The number of amides is 1. The third-order valence-electron chi connectivity index (χ3n) is 2.53. The highest BCUT2D eigenvalue weighted by Crippen LogP contribution is 2.18. The summed E-state index contributed by atoms with van der Waals surface area (Å²) in [5.41, 5.74) is 0.438. The van der Waals surface area contributed by atoms with E-state index in [1.807, 2.05) is 0 Å². The molecule has 4 nitrogen and oxygen atoms in total. The fourth-order valence-electron chi connectivity index (χ4n) is 1.59. The number of nitrogens with zero attached hydrogens (tertiary/aromatic N) is 1. The maximum absolute atomic E-state index is 13.5. The van der Waals surface area contributed by atoms with E-state index in [0.29, 0.717) is 0 Å². The van der Waals surface area contributed by atoms with Crippen molar-refractivity contribution >= 4 is 11.6 Å². The minimum Gasteiger partial charge on any atom is -0.481 e. The Hall–Kier alpha value is -2.94. The Morgan fingerprint density at radius 3 is 2.71 bits per heavy atom. The Balaban J connectivity index is 1.94. The fourth-order valence-corrected chi connectivity index (χ4v) is 1.59. The van der Waals surface area contributed by atoms with Gasteiger partial charge in [0.15, 0.2) is 18.2 Å². The average molecular weight is 288 g/mol. The van der Waals surface area contributed by atoms with Crippen molar-refractivity contribution in [2.45, 2.75) is 0 Å². The summed E-state index contributed by atoms with van der Waals surface area (Å²) in [7, 11) is 0. The summed E-state index contributed by atoms with van der Waals surface area (Å²) < 4.78 is 31.5. The second kappa shape index (κ2) is 6.48. The highest BCUT2D eigenvalue weighted by molar-refractivity contribution is 5.91. The maximum Gasteiger partial charge on any atom is 0.262 e. The second-order valence-electron chi connectivity index (χ2n) is 4.10. The van der Waals surface area contributed by atoms with Crippen molar-refractivity contribution in [1.82, 2.24) is 0 Å². The van der Waals surface area contributed by atoms with Crippen molar-refractivity contribution in [1.29, 1.82) is 5.26 Å². The van der Waals surface area contributed by atoms with E-state index in [-0.39, 0.29) is 17.0 Å². The standard InChI is InChI=1S/C15H10F2N2O2/c16-11-2-1-3-12(7-11)19-15(20)9-21-14-5-4-10(8-18)6-13(14)17/h1-7H,9H2,(H,19,20). The smallest absolute Gasteiger partial charge is 0.262 e. The molecule has 0 atom stereocenters. The van der Waals surface area contributed by atoms with E-state index in [1.54, 1.807) is 6.07 Å². The second-order valence-corrected chi connectivity index (χ2v) is 4.10. The van der Waals surface area contributed by atoms with E-state index in [2.05, 4.69) is 5.32 Å². The van der Waals surface area contributed by atoms with Gasteiger partial charge in [0.25, 0.3) is 5.91 Å². The normalized spacial score (nSPS) is 9.76. The van der Waals surface area contributed by atoms with Crippen molar-refractivity contribution < 1.29 is 18.3 Å². The zero-order chi connectivity index (χ0) is 15.2. The number of hydrogen-bond donors (Lipinski definition) is 1. The molecule has 2 aromatic carbocycles. The zero-order valence-electron chi connectivity index (χ0n) is 10.8. The number of benzene rings is 2. The fraction of sp³-hybridized carbons (Fsp3) is 0.0667. The summed E-state index contributed by atoms with van der Waals surface area (Å²) >= 11 is 0. The van der Waals surface area contributed by atoms with Gasteiger partial charge in [0, 0.05) is 5.69 Å². The first-order chi connectivity index (χ1) is 10.1. The molecule has 2 aromatic rings. The van der Waals surface area contributed by atoms with Gasteiger partial charge >= 0.3 is 0 Å². The number of hydrogen-bond acceptors (Lipinski definition) is 3. The lowest BCUT2D eigenvalue weighted by atomic mass is 10.2. The molecule has 6 heteroatoms. The van der Waals surface area contributed by atoms with Crippen LogP contribution in [0.5, 0.6) is 5.75 Å². The molecule has 0 aromatic heterocycles. The molecule has 0 bridgehead atoms. The quantitative estimate of drug-likeness (QED) is 0.941. The van der Waals surface area contributed by atoms with E-state index >= 15 is 0 Å². The maximum atomic E-state index is 13.5. The molecular weight excluding hydrogens is 278 g/mol. The Bertz CT molecular complexity index is 711. The van der Waals surface area contributed by atoms with Crippen LogP contribution in [0.4, 0.5) is 14.5 Å². The van der Waals surface area contributed by atoms with Gasteiger partial charge in [0.05, 0.1) is 11.6 Å². The number of carbonyl (C=O) groups excluding carboxylic acids is 1. The van der Waals surface area contributed by atoms with Crippen LogP contribution < -0.4 is 10.1 Å². The van der Waals surface area contributed by atoms with Gasteiger partial charge < -0.3 is 10.1 Å². The van der Waals surface area contributed by atoms with Crippen LogP contribution >= 0.6 is 0 Å². The topological polar surface area (TPSA) is 62.1 Å². The first-order valence-electron chi connectivity index (χ1n) is 5.96. The number of carbonyl (C=O) groups is 1. The lowest BCUT2D eigenvalue weighted by Gasteiger charge is -2.08.